The van der Waals surface area contributed by atoms with Gasteiger partial charge in [-0.25, -0.2) is 0 Å². The van der Waals surface area contributed by atoms with E-state index in [0.29, 0.717) is 12.1 Å². The maximum atomic E-state index is 5.83. The molecule has 2 atom stereocenters. The van der Waals surface area contributed by atoms with Crippen molar-refractivity contribution in [3.8, 4) is 0 Å². The molecule has 1 heterocycles. The van der Waals surface area contributed by atoms with Gasteiger partial charge in [-0.05, 0) is 47.1 Å². The Hall–Kier alpha value is -0.120. The van der Waals surface area contributed by atoms with E-state index in [1.807, 2.05) is 0 Å². The number of nitrogens with one attached hydrogen (secondary N) is 1. The molecule has 1 fully saturated rings. The lowest BCUT2D eigenvalue weighted by molar-refractivity contribution is -0.0170. The number of hydrogen-bond donors (Lipinski definition) is 1. The number of nitrogens with zero attached hydrogens (tertiary/aromatic N) is 1. The minimum Gasteiger partial charge on any atom is -0.375 e. The summed E-state index contributed by atoms with van der Waals surface area (Å²) in [4.78, 5) is 2.57. The van der Waals surface area contributed by atoms with Gasteiger partial charge in [0.2, 0.25) is 0 Å². The van der Waals surface area contributed by atoms with Crippen LogP contribution in [0, 0.1) is 0 Å². The standard InChI is InChI=1S/C14H30N2O/c1-6-13-11-16(12(2)7-8-15-13)9-10-17-14(3,4)5/h12-13,15H,6-11H2,1-5H3. The van der Waals surface area contributed by atoms with E-state index >= 15 is 0 Å². The molecule has 17 heavy (non-hydrogen) atoms. The van der Waals surface area contributed by atoms with E-state index in [1.165, 1.54) is 12.8 Å². The Labute approximate surface area is 107 Å². The third-order valence-electron chi connectivity index (χ3n) is 3.48. The topological polar surface area (TPSA) is 24.5 Å². The molecule has 0 aliphatic carbocycles. The fourth-order valence-electron chi connectivity index (χ4n) is 2.26. The highest BCUT2D eigenvalue weighted by atomic mass is 16.5. The summed E-state index contributed by atoms with van der Waals surface area (Å²) in [5.74, 6) is 0. The quantitative estimate of drug-likeness (QED) is 0.818. The Kier molecular flexibility index (Phi) is 5.90. The van der Waals surface area contributed by atoms with Gasteiger partial charge in [0.25, 0.3) is 0 Å². The molecule has 1 saturated heterocycles. The van der Waals surface area contributed by atoms with E-state index in [1.54, 1.807) is 0 Å². The van der Waals surface area contributed by atoms with Gasteiger partial charge in [0, 0.05) is 25.2 Å². The molecule has 0 aromatic heterocycles. The molecule has 1 N–H and O–H groups in total. The average Bonchev–Trinajstić information content (AvgIpc) is 2.39. The molecule has 3 nitrogen and oxygen atoms in total. The molecule has 1 aliphatic heterocycles. The molecule has 3 heteroatoms. The summed E-state index contributed by atoms with van der Waals surface area (Å²) in [5.41, 5.74) is -0.0164. The summed E-state index contributed by atoms with van der Waals surface area (Å²) in [6.07, 6.45) is 2.45. The lowest BCUT2D eigenvalue weighted by atomic mass is 10.2. The zero-order valence-corrected chi connectivity index (χ0v) is 12.3. The Morgan fingerprint density at radius 2 is 2.06 bits per heavy atom. The van der Waals surface area contributed by atoms with Gasteiger partial charge < -0.3 is 10.1 Å². The maximum Gasteiger partial charge on any atom is 0.0600 e. The van der Waals surface area contributed by atoms with Crippen molar-refractivity contribution in [3.05, 3.63) is 0 Å². The first-order valence-electron chi connectivity index (χ1n) is 7.03. The third kappa shape index (κ3) is 5.84. The second-order valence-corrected chi connectivity index (χ2v) is 6.15. The molecule has 0 spiro atoms. The highest BCUT2D eigenvalue weighted by molar-refractivity contribution is 4.80. The first-order valence-corrected chi connectivity index (χ1v) is 7.03. The van der Waals surface area contributed by atoms with Crippen LogP contribution >= 0.6 is 0 Å². The predicted octanol–water partition coefficient (Wildman–Crippen LogP) is 2.26. The molecule has 0 radical (unpaired) electrons. The Morgan fingerprint density at radius 3 is 2.65 bits per heavy atom. The van der Waals surface area contributed by atoms with E-state index in [4.69, 9.17) is 4.74 Å². The molecule has 2 unspecified atom stereocenters. The SMILES string of the molecule is CCC1CN(CCOC(C)(C)C)C(C)CCN1. The zero-order chi connectivity index (χ0) is 12.9. The van der Waals surface area contributed by atoms with Gasteiger partial charge in [-0.3, -0.25) is 4.90 Å². The average molecular weight is 242 g/mol. The third-order valence-corrected chi connectivity index (χ3v) is 3.48. The van der Waals surface area contributed by atoms with Crippen LogP contribution in [0.15, 0.2) is 0 Å². The van der Waals surface area contributed by atoms with Crippen molar-refractivity contribution in [1.29, 1.82) is 0 Å². The summed E-state index contributed by atoms with van der Waals surface area (Å²) >= 11 is 0. The van der Waals surface area contributed by atoms with Gasteiger partial charge in [0.1, 0.15) is 0 Å². The van der Waals surface area contributed by atoms with Crippen LogP contribution in [0.3, 0.4) is 0 Å². The van der Waals surface area contributed by atoms with Crippen LogP contribution in [0.2, 0.25) is 0 Å². The fourth-order valence-corrected chi connectivity index (χ4v) is 2.26. The zero-order valence-electron chi connectivity index (χ0n) is 12.3. The van der Waals surface area contributed by atoms with Crippen LogP contribution < -0.4 is 5.32 Å². The van der Waals surface area contributed by atoms with Crippen molar-refractivity contribution in [1.82, 2.24) is 10.2 Å². The van der Waals surface area contributed by atoms with Crippen LogP contribution in [0.5, 0.6) is 0 Å². The lowest BCUT2D eigenvalue weighted by Gasteiger charge is -2.30. The molecule has 0 bridgehead atoms. The molecule has 1 aliphatic rings. The van der Waals surface area contributed by atoms with Crippen molar-refractivity contribution in [3.63, 3.8) is 0 Å². The molecular weight excluding hydrogens is 212 g/mol. The van der Waals surface area contributed by atoms with Gasteiger partial charge in [-0.15, -0.1) is 0 Å². The van der Waals surface area contributed by atoms with Crippen molar-refractivity contribution in [2.45, 2.75) is 65.1 Å². The number of hydrogen-bond acceptors (Lipinski definition) is 3. The summed E-state index contributed by atoms with van der Waals surface area (Å²) in [6.45, 7) is 15.1. The molecule has 1 rings (SSSR count). The highest BCUT2D eigenvalue weighted by Gasteiger charge is 2.22. The monoisotopic (exact) mass is 242 g/mol. The Bertz CT molecular complexity index is 213. The van der Waals surface area contributed by atoms with Gasteiger partial charge >= 0.3 is 0 Å². The number of ether oxygens (including phenoxy) is 1. The summed E-state index contributed by atoms with van der Waals surface area (Å²) in [7, 11) is 0. The van der Waals surface area contributed by atoms with Crippen LogP contribution in [0.4, 0.5) is 0 Å². The van der Waals surface area contributed by atoms with Crippen LogP contribution in [0.1, 0.15) is 47.5 Å². The highest BCUT2D eigenvalue weighted by Crippen LogP contribution is 2.12. The molecule has 102 valence electrons. The van der Waals surface area contributed by atoms with E-state index in [2.05, 4.69) is 44.8 Å². The molecule has 0 aromatic carbocycles. The van der Waals surface area contributed by atoms with Gasteiger partial charge in [-0.1, -0.05) is 6.92 Å². The lowest BCUT2D eigenvalue weighted by Crippen LogP contribution is -2.42. The largest absolute Gasteiger partial charge is 0.375 e. The van der Waals surface area contributed by atoms with Crippen molar-refractivity contribution in [2.24, 2.45) is 0 Å². The Morgan fingerprint density at radius 1 is 1.35 bits per heavy atom. The van der Waals surface area contributed by atoms with Gasteiger partial charge in [0.15, 0.2) is 0 Å². The normalized spacial score (nSPS) is 28.1. The van der Waals surface area contributed by atoms with Crippen molar-refractivity contribution < 1.29 is 4.74 Å². The van der Waals surface area contributed by atoms with Crippen molar-refractivity contribution >= 4 is 0 Å². The molecule has 0 aromatic rings. The summed E-state index contributed by atoms with van der Waals surface area (Å²) < 4.78 is 5.83. The van der Waals surface area contributed by atoms with Gasteiger partial charge in [0.05, 0.1) is 12.2 Å². The van der Waals surface area contributed by atoms with E-state index in [0.717, 1.165) is 26.2 Å². The van der Waals surface area contributed by atoms with E-state index < -0.39 is 0 Å². The maximum absolute atomic E-state index is 5.83. The second kappa shape index (κ2) is 6.72. The van der Waals surface area contributed by atoms with E-state index in [9.17, 15) is 0 Å². The van der Waals surface area contributed by atoms with Crippen LogP contribution in [0.25, 0.3) is 0 Å². The van der Waals surface area contributed by atoms with Crippen LogP contribution in [-0.2, 0) is 4.74 Å². The Balaban J connectivity index is 2.37. The molecule has 0 amide bonds. The minimum atomic E-state index is -0.0164. The number of rotatable bonds is 4. The second-order valence-electron chi connectivity index (χ2n) is 6.15. The van der Waals surface area contributed by atoms with Gasteiger partial charge in [-0.2, -0.15) is 0 Å². The smallest absolute Gasteiger partial charge is 0.0600 e. The molecule has 0 saturated carbocycles. The first kappa shape index (κ1) is 14.9. The first-order chi connectivity index (χ1) is 7.92. The van der Waals surface area contributed by atoms with Crippen molar-refractivity contribution in [2.75, 3.05) is 26.2 Å². The molecular formula is C14H30N2O. The fraction of sp³-hybridized carbons (Fsp3) is 1.00. The van der Waals surface area contributed by atoms with Crippen LogP contribution in [-0.4, -0.2) is 48.8 Å². The summed E-state index contributed by atoms with van der Waals surface area (Å²) in [5, 5.41) is 3.62. The predicted molar refractivity (Wildman–Crippen MR) is 73.4 cm³/mol. The van der Waals surface area contributed by atoms with E-state index in [-0.39, 0.29) is 5.60 Å². The minimum absolute atomic E-state index is 0.0164. The summed E-state index contributed by atoms with van der Waals surface area (Å²) in [6, 6.07) is 1.32.